The van der Waals surface area contributed by atoms with Gasteiger partial charge in [0.25, 0.3) is 0 Å². The van der Waals surface area contributed by atoms with Crippen LogP contribution in [0, 0.1) is 0 Å². The molecule has 0 spiro atoms. The number of aliphatic hydroxyl groups is 1. The van der Waals surface area contributed by atoms with Crippen molar-refractivity contribution in [2.24, 2.45) is 0 Å². The molecule has 3 aromatic carbocycles. The molecule has 0 saturated heterocycles. The molecule has 2 N–H and O–H groups in total. The molecule has 7 heteroatoms. The molecule has 1 aliphatic rings. The zero-order valence-corrected chi connectivity index (χ0v) is 17.4. The van der Waals surface area contributed by atoms with E-state index in [0.29, 0.717) is 30.3 Å². The maximum Gasteiger partial charge on any atom is 0.240 e. The molecular weight excluding hydrogens is 402 g/mol. The summed E-state index contributed by atoms with van der Waals surface area (Å²) in [7, 11) is -3.83. The van der Waals surface area contributed by atoms with Crippen LogP contribution in [0.4, 0.5) is 0 Å². The van der Waals surface area contributed by atoms with Crippen molar-refractivity contribution in [1.82, 2.24) is 4.72 Å². The van der Waals surface area contributed by atoms with Crippen molar-refractivity contribution in [2.75, 3.05) is 19.8 Å². The number of fused-ring (bicyclic) bond motifs is 1. The molecule has 4 rings (SSSR count). The molecule has 0 radical (unpaired) electrons. The van der Waals surface area contributed by atoms with Gasteiger partial charge in [-0.3, -0.25) is 0 Å². The molecule has 0 aliphatic carbocycles. The van der Waals surface area contributed by atoms with Gasteiger partial charge in [-0.05, 0) is 35.7 Å². The van der Waals surface area contributed by atoms with Gasteiger partial charge in [-0.25, -0.2) is 13.1 Å². The molecule has 1 atom stereocenters. The molecule has 0 amide bonds. The Morgan fingerprint density at radius 2 is 1.53 bits per heavy atom. The molecule has 3 aromatic rings. The Labute approximate surface area is 176 Å². The Morgan fingerprint density at radius 3 is 2.23 bits per heavy atom. The van der Waals surface area contributed by atoms with Crippen LogP contribution in [-0.2, 0) is 15.6 Å². The van der Waals surface area contributed by atoms with Crippen LogP contribution in [0.1, 0.15) is 12.5 Å². The number of ether oxygens (including phenoxy) is 2. The van der Waals surface area contributed by atoms with Crippen LogP contribution in [0.5, 0.6) is 11.5 Å². The quantitative estimate of drug-likeness (QED) is 0.633. The Kier molecular flexibility index (Phi) is 5.51. The minimum absolute atomic E-state index is 0.0574. The summed E-state index contributed by atoms with van der Waals surface area (Å²) in [5.74, 6) is 0.915. The van der Waals surface area contributed by atoms with Crippen LogP contribution < -0.4 is 14.2 Å². The summed E-state index contributed by atoms with van der Waals surface area (Å²) >= 11 is 0. The highest BCUT2D eigenvalue weighted by molar-refractivity contribution is 7.89. The van der Waals surface area contributed by atoms with Gasteiger partial charge in [-0.15, -0.1) is 0 Å². The zero-order chi connectivity index (χ0) is 21.2. The molecular formula is C23H23NO5S. The Balaban J connectivity index is 1.48. The Bertz CT molecular complexity index is 1130. The summed E-state index contributed by atoms with van der Waals surface area (Å²) in [6, 6.07) is 21.8. The van der Waals surface area contributed by atoms with Gasteiger partial charge in [0.2, 0.25) is 10.0 Å². The van der Waals surface area contributed by atoms with Gasteiger partial charge in [0.1, 0.15) is 18.8 Å². The highest BCUT2D eigenvalue weighted by atomic mass is 32.2. The van der Waals surface area contributed by atoms with Gasteiger partial charge < -0.3 is 14.6 Å². The van der Waals surface area contributed by atoms with Gasteiger partial charge >= 0.3 is 0 Å². The largest absolute Gasteiger partial charge is 0.486 e. The van der Waals surface area contributed by atoms with Crippen LogP contribution in [0.25, 0.3) is 11.1 Å². The average Bonchev–Trinajstić information content (AvgIpc) is 2.78. The van der Waals surface area contributed by atoms with Crippen molar-refractivity contribution < 1.29 is 23.0 Å². The maximum atomic E-state index is 12.7. The predicted molar refractivity (Wildman–Crippen MR) is 114 cm³/mol. The third kappa shape index (κ3) is 4.33. The smallest absolute Gasteiger partial charge is 0.240 e. The fourth-order valence-corrected chi connectivity index (χ4v) is 4.41. The van der Waals surface area contributed by atoms with Crippen molar-refractivity contribution in [3.8, 4) is 22.6 Å². The summed E-state index contributed by atoms with van der Waals surface area (Å²) in [5.41, 5.74) is 1.33. The lowest BCUT2D eigenvalue weighted by atomic mass is 9.94. The Hall–Kier alpha value is -2.87. The van der Waals surface area contributed by atoms with Crippen LogP contribution in [0.15, 0.2) is 77.7 Å². The summed E-state index contributed by atoms with van der Waals surface area (Å²) in [6.45, 7) is 2.21. The second kappa shape index (κ2) is 8.10. The first-order valence-electron chi connectivity index (χ1n) is 9.63. The minimum atomic E-state index is -3.83. The van der Waals surface area contributed by atoms with Crippen molar-refractivity contribution in [1.29, 1.82) is 0 Å². The third-order valence-corrected chi connectivity index (χ3v) is 6.44. The number of hydrogen-bond donors (Lipinski definition) is 2. The molecule has 1 aliphatic heterocycles. The summed E-state index contributed by atoms with van der Waals surface area (Å²) in [6.07, 6.45) is 0. The van der Waals surface area contributed by atoms with E-state index >= 15 is 0 Å². The number of nitrogens with one attached hydrogen (secondary N) is 1. The van der Waals surface area contributed by atoms with E-state index in [9.17, 15) is 13.5 Å². The van der Waals surface area contributed by atoms with E-state index in [-0.39, 0.29) is 11.4 Å². The average molecular weight is 426 g/mol. The van der Waals surface area contributed by atoms with Gasteiger partial charge in [0, 0.05) is 12.6 Å². The second-order valence-corrected chi connectivity index (χ2v) is 9.11. The van der Waals surface area contributed by atoms with Crippen LogP contribution >= 0.6 is 0 Å². The minimum Gasteiger partial charge on any atom is -0.486 e. The van der Waals surface area contributed by atoms with Gasteiger partial charge in [0.05, 0.1) is 4.90 Å². The van der Waals surface area contributed by atoms with E-state index in [0.717, 1.165) is 11.1 Å². The highest BCUT2D eigenvalue weighted by Gasteiger charge is 2.27. The SMILES string of the molecule is C[C@@](O)(CNS(=O)(=O)c1ccc2c(c1)OCCO2)c1ccc(-c2ccccc2)cc1. The van der Waals surface area contributed by atoms with E-state index in [1.54, 1.807) is 25.1 Å². The van der Waals surface area contributed by atoms with Crippen molar-refractivity contribution in [3.63, 3.8) is 0 Å². The maximum absolute atomic E-state index is 12.7. The van der Waals surface area contributed by atoms with Crippen LogP contribution in [-0.4, -0.2) is 33.3 Å². The molecule has 0 bridgehead atoms. The van der Waals surface area contributed by atoms with E-state index in [1.807, 2.05) is 42.5 Å². The molecule has 0 saturated carbocycles. The van der Waals surface area contributed by atoms with E-state index in [1.165, 1.54) is 12.1 Å². The standard InChI is InChI=1S/C23H23NO5S/c1-23(25,19-9-7-18(8-10-19)17-5-3-2-4-6-17)16-24-30(26,27)20-11-12-21-22(15-20)29-14-13-28-21/h2-12,15,24-25H,13-14,16H2,1H3/t23-/m1/s1. The number of hydrogen-bond acceptors (Lipinski definition) is 5. The van der Waals surface area contributed by atoms with Gasteiger partial charge in [0.15, 0.2) is 11.5 Å². The Morgan fingerprint density at radius 1 is 0.900 bits per heavy atom. The first-order chi connectivity index (χ1) is 14.4. The highest BCUT2D eigenvalue weighted by Crippen LogP contribution is 2.32. The van der Waals surface area contributed by atoms with Crippen LogP contribution in [0.2, 0.25) is 0 Å². The lowest BCUT2D eigenvalue weighted by molar-refractivity contribution is 0.0627. The van der Waals surface area contributed by atoms with Crippen LogP contribution in [0.3, 0.4) is 0 Å². The molecule has 0 fully saturated rings. The monoisotopic (exact) mass is 425 g/mol. The summed E-state index contributed by atoms with van der Waals surface area (Å²) < 4.78 is 38.8. The topological polar surface area (TPSA) is 84.9 Å². The second-order valence-electron chi connectivity index (χ2n) is 7.35. The molecule has 6 nitrogen and oxygen atoms in total. The molecule has 156 valence electrons. The number of rotatable bonds is 6. The zero-order valence-electron chi connectivity index (χ0n) is 16.5. The molecule has 1 heterocycles. The number of benzene rings is 3. The van der Waals surface area contributed by atoms with Gasteiger partial charge in [-0.1, -0.05) is 54.6 Å². The molecule has 0 aromatic heterocycles. The van der Waals surface area contributed by atoms with Crippen molar-refractivity contribution in [2.45, 2.75) is 17.4 Å². The third-order valence-electron chi connectivity index (χ3n) is 5.04. The summed E-state index contributed by atoms with van der Waals surface area (Å²) in [4.78, 5) is 0.0574. The first kappa shape index (κ1) is 20.4. The van der Waals surface area contributed by atoms with E-state index < -0.39 is 15.6 Å². The van der Waals surface area contributed by atoms with E-state index in [4.69, 9.17) is 9.47 Å². The first-order valence-corrected chi connectivity index (χ1v) is 11.1. The summed E-state index contributed by atoms with van der Waals surface area (Å²) in [5, 5.41) is 10.9. The lowest BCUT2D eigenvalue weighted by Gasteiger charge is -2.25. The predicted octanol–water partition coefficient (Wildman–Crippen LogP) is 3.31. The van der Waals surface area contributed by atoms with Gasteiger partial charge in [-0.2, -0.15) is 0 Å². The van der Waals surface area contributed by atoms with Crippen molar-refractivity contribution in [3.05, 3.63) is 78.4 Å². The normalized spacial score (nSPS) is 15.4. The fourth-order valence-electron chi connectivity index (χ4n) is 3.26. The van der Waals surface area contributed by atoms with Crippen molar-refractivity contribution >= 4 is 10.0 Å². The molecule has 30 heavy (non-hydrogen) atoms. The number of sulfonamides is 1. The lowest BCUT2D eigenvalue weighted by Crippen LogP contribution is -2.38. The van der Waals surface area contributed by atoms with E-state index in [2.05, 4.69) is 4.72 Å². The fraction of sp³-hybridized carbons (Fsp3) is 0.217. The molecule has 0 unspecified atom stereocenters.